The second-order valence-corrected chi connectivity index (χ2v) is 4.40. The Bertz CT molecular complexity index is 196. The second kappa shape index (κ2) is 8.79. The molecule has 1 fully saturated rings. The molecule has 1 amide bonds. The number of nitrogens with one attached hydrogen (secondary N) is 1. The van der Waals surface area contributed by atoms with Crippen molar-refractivity contribution < 1.29 is 9.53 Å². The zero-order valence-electron chi connectivity index (χ0n) is 9.91. The van der Waals surface area contributed by atoms with Gasteiger partial charge in [0.25, 0.3) is 0 Å². The van der Waals surface area contributed by atoms with E-state index in [9.17, 15) is 4.79 Å². The third-order valence-electron chi connectivity index (χ3n) is 2.87. The van der Waals surface area contributed by atoms with Crippen LogP contribution in [0, 0.1) is 11.8 Å². The molecule has 1 heterocycles. The third-order valence-corrected chi connectivity index (χ3v) is 2.87. The Morgan fingerprint density at radius 2 is 2.12 bits per heavy atom. The lowest BCUT2D eigenvalue weighted by molar-refractivity contribution is -0.122. The summed E-state index contributed by atoms with van der Waals surface area (Å²) in [4.78, 5) is 11.5. The first-order valence-corrected chi connectivity index (χ1v) is 5.77. The van der Waals surface area contributed by atoms with E-state index in [-0.39, 0.29) is 18.3 Å². The number of carbonyl (C=O) groups is 1. The van der Waals surface area contributed by atoms with E-state index in [0.717, 1.165) is 26.1 Å². The summed E-state index contributed by atoms with van der Waals surface area (Å²) in [5.41, 5.74) is 5.47. The van der Waals surface area contributed by atoms with Crippen LogP contribution in [0.3, 0.4) is 0 Å². The molecule has 1 atom stereocenters. The van der Waals surface area contributed by atoms with Crippen LogP contribution in [0.25, 0.3) is 0 Å². The average molecular weight is 251 g/mol. The molecule has 0 aromatic carbocycles. The van der Waals surface area contributed by atoms with Crippen LogP contribution in [-0.4, -0.2) is 32.2 Å². The van der Waals surface area contributed by atoms with Gasteiger partial charge in [-0.25, -0.2) is 0 Å². The topological polar surface area (TPSA) is 64.3 Å². The highest BCUT2D eigenvalue weighted by molar-refractivity contribution is 5.85. The SMILES string of the molecule is CC(CN)CNC(=O)CC1CCOCC1.Cl. The van der Waals surface area contributed by atoms with Crippen molar-refractivity contribution in [3.8, 4) is 0 Å². The molecule has 16 heavy (non-hydrogen) atoms. The van der Waals surface area contributed by atoms with Crippen molar-refractivity contribution in [2.75, 3.05) is 26.3 Å². The maximum atomic E-state index is 11.5. The van der Waals surface area contributed by atoms with Gasteiger partial charge in [-0.2, -0.15) is 0 Å². The zero-order valence-corrected chi connectivity index (χ0v) is 10.7. The van der Waals surface area contributed by atoms with Gasteiger partial charge in [0.05, 0.1) is 0 Å². The summed E-state index contributed by atoms with van der Waals surface area (Å²) in [6.45, 7) is 4.96. The largest absolute Gasteiger partial charge is 0.381 e. The molecule has 4 nitrogen and oxygen atoms in total. The van der Waals surface area contributed by atoms with Crippen molar-refractivity contribution in [1.82, 2.24) is 5.32 Å². The Hall–Kier alpha value is -0.320. The fraction of sp³-hybridized carbons (Fsp3) is 0.909. The highest BCUT2D eigenvalue weighted by atomic mass is 35.5. The number of rotatable bonds is 5. The summed E-state index contributed by atoms with van der Waals surface area (Å²) in [6.07, 6.45) is 2.67. The van der Waals surface area contributed by atoms with Gasteiger partial charge >= 0.3 is 0 Å². The van der Waals surface area contributed by atoms with E-state index in [4.69, 9.17) is 10.5 Å². The summed E-state index contributed by atoms with van der Waals surface area (Å²) in [5.74, 6) is 1.03. The molecule has 1 unspecified atom stereocenters. The maximum Gasteiger partial charge on any atom is 0.220 e. The molecule has 0 bridgehead atoms. The van der Waals surface area contributed by atoms with Crippen molar-refractivity contribution in [3.63, 3.8) is 0 Å². The van der Waals surface area contributed by atoms with Crippen molar-refractivity contribution in [2.24, 2.45) is 17.6 Å². The second-order valence-electron chi connectivity index (χ2n) is 4.40. The van der Waals surface area contributed by atoms with Crippen molar-refractivity contribution >= 4 is 18.3 Å². The van der Waals surface area contributed by atoms with Crippen LogP contribution in [0.2, 0.25) is 0 Å². The Labute approximate surface area is 104 Å². The van der Waals surface area contributed by atoms with Gasteiger partial charge in [-0.15, -0.1) is 12.4 Å². The molecule has 3 N–H and O–H groups in total. The first-order valence-electron chi connectivity index (χ1n) is 5.77. The minimum absolute atomic E-state index is 0. The van der Waals surface area contributed by atoms with E-state index in [2.05, 4.69) is 5.32 Å². The monoisotopic (exact) mass is 250 g/mol. The van der Waals surface area contributed by atoms with E-state index < -0.39 is 0 Å². The summed E-state index contributed by atoms with van der Waals surface area (Å²) in [5, 5.41) is 2.92. The van der Waals surface area contributed by atoms with Gasteiger partial charge in [0, 0.05) is 26.2 Å². The fourth-order valence-electron chi connectivity index (χ4n) is 1.66. The minimum Gasteiger partial charge on any atom is -0.381 e. The average Bonchev–Trinajstić information content (AvgIpc) is 2.27. The minimum atomic E-state index is 0. The summed E-state index contributed by atoms with van der Waals surface area (Å²) in [7, 11) is 0. The molecule has 1 rings (SSSR count). The lowest BCUT2D eigenvalue weighted by Gasteiger charge is -2.21. The predicted molar refractivity (Wildman–Crippen MR) is 66.6 cm³/mol. The van der Waals surface area contributed by atoms with Crippen LogP contribution in [0.4, 0.5) is 0 Å². The van der Waals surface area contributed by atoms with Gasteiger partial charge in [0.2, 0.25) is 5.91 Å². The first-order chi connectivity index (χ1) is 7.22. The van der Waals surface area contributed by atoms with Crippen molar-refractivity contribution in [2.45, 2.75) is 26.2 Å². The molecule has 0 radical (unpaired) electrons. The molecule has 1 aliphatic heterocycles. The van der Waals surface area contributed by atoms with Gasteiger partial charge in [-0.05, 0) is 31.2 Å². The standard InChI is InChI=1S/C11H22N2O2.ClH/c1-9(7-12)8-13-11(14)6-10-2-4-15-5-3-10;/h9-10H,2-8,12H2,1H3,(H,13,14);1H. The number of nitrogens with two attached hydrogens (primary N) is 1. The third kappa shape index (κ3) is 6.30. The molecule has 0 aliphatic carbocycles. The molecule has 1 saturated heterocycles. The van der Waals surface area contributed by atoms with E-state index in [0.29, 0.717) is 31.3 Å². The molecular formula is C11H23ClN2O2. The normalized spacial score (nSPS) is 18.6. The molecule has 5 heteroatoms. The van der Waals surface area contributed by atoms with Gasteiger partial charge in [0.1, 0.15) is 0 Å². The summed E-state index contributed by atoms with van der Waals surface area (Å²) >= 11 is 0. The van der Waals surface area contributed by atoms with Gasteiger partial charge < -0.3 is 15.8 Å². The number of halogens is 1. The molecule has 1 aliphatic rings. The highest BCUT2D eigenvalue weighted by Crippen LogP contribution is 2.17. The van der Waals surface area contributed by atoms with Crippen LogP contribution in [0.15, 0.2) is 0 Å². The van der Waals surface area contributed by atoms with Crippen molar-refractivity contribution in [3.05, 3.63) is 0 Å². The predicted octanol–water partition coefficient (Wildman–Crippen LogP) is 0.936. The van der Waals surface area contributed by atoms with Crippen LogP contribution in [0.5, 0.6) is 0 Å². The molecule has 0 spiro atoms. The molecule has 0 saturated carbocycles. The molecule has 96 valence electrons. The quantitative estimate of drug-likeness (QED) is 0.763. The van der Waals surface area contributed by atoms with E-state index in [1.807, 2.05) is 6.92 Å². The number of hydrogen-bond donors (Lipinski definition) is 2. The number of hydrogen-bond acceptors (Lipinski definition) is 3. The first kappa shape index (κ1) is 15.7. The van der Waals surface area contributed by atoms with Crippen molar-refractivity contribution in [1.29, 1.82) is 0 Å². The van der Waals surface area contributed by atoms with Crippen LogP contribution in [-0.2, 0) is 9.53 Å². The molecule has 0 aromatic rings. The Morgan fingerprint density at radius 1 is 1.50 bits per heavy atom. The van der Waals surface area contributed by atoms with Gasteiger partial charge in [-0.3, -0.25) is 4.79 Å². The van der Waals surface area contributed by atoms with Gasteiger partial charge in [-0.1, -0.05) is 6.92 Å². The smallest absolute Gasteiger partial charge is 0.220 e. The number of carbonyl (C=O) groups excluding carboxylic acids is 1. The molecular weight excluding hydrogens is 228 g/mol. The Kier molecular flexibility index (Phi) is 8.61. The molecule has 0 aromatic heterocycles. The summed E-state index contributed by atoms with van der Waals surface area (Å²) in [6, 6.07) is 0. The fourth-order valence-corrected chi connectivity index (χ4v) is 1.66. The van der Waals surface area contributed by atoms with Gasteiger partial charge in [0.15, 0.2) is 0 Å². The lowest BCUT2D eigenvalue weighted by atomic mass is 9.96. The lowest BCUT2D eigenvalue weighted by Crippen LogP contribution is -2.33. The van der Waals surface area contributed by atoms with Crippen LogP contribution < -0.4 is 11.1 Å². The number of amides is 1. The summed E-state index contributed by atoms with van der Waals surface area (Å²) < 4.78 is 5.25. The Balaban J connectivity index is 0.00000225. The van der Waals surface area contributed by atoms with E-state index >= 15 is 0 Å². The highest BCUT2D eigenvalue weighted by Gasteiger charge is 2.17. The van der Waals surface area contributed by atoms with Crippen LogP contribution in [0.1, 0.15) is 26.2 Å². The number of ether oxygens (including phenoxy) is 1. The van der Waals surface area contributed by atoms with E-state index in [1.54, 1.807) is 0 Å². The van der Waals surface area contributed by atoms with Crippen LogP contribution >= 0.6 is 12.4 Å². The Morgan fingerprint density at radius 3 is 2.69 bits per heavy atom. The zero-order chi connectivity index (χ0) is 11.1. The maximum absolute atomic E-state index is 11.5. The van der Waals surface area contributed by atoms with E-state index in [1.165, 1.54) is 0 Å².